The zero-order valence-electron chi connectivity index (χ0n) is 12.0. The zero-order valence-corrected chi connectivity index (χ0v) is 12.0. The Hall–Kier alpha value is -1.10. The molecule has 2 amide bonds. The summed E-state index contributed by atoms with van der Waals surface area (Å²) in [4.78, 5) is 25.7. The highest BCUT2D eigenvalue weighted by Crippen LogP contribution is 2.18. The number of piperidine rings is 1. The summed E-state index contributed by atoms with van der Waals surface area (Å²) >= 11 is 0. The van der Waals surface area contributed by atoms with Crippen molar-refractivity contribution in [2.45, 2.75) is 52.0 Å². The molecule has 0 aromatic rings. The number of carbonyl (C=O) groups is 2. The predicted molar refractivity (Wildman–Crippen MR) is 73.5 cm³/mol. The van der Waals surface area contributed by atoms with Gasteiger partial charge in [0.1, 0.15) is 0 Å². The molecule has 1 aliphatic rings. The van der Waals surface area contributed by atoms with Crippen molar-refractivity contribution in [1.29, 1.82) is 0 Å². The maximum Gasteiger partial charge on any atom is 0.225 e. The highest BCUT2D eigenvalue weighted by atomic mass is 16.3. The summed E-state index contributed by atoms with van der Waals surface area (Å²) in [7, 11) is 0. The highest BCUT2D eigenvalue weighted by Gasteiger charge is 2.28. The number of aliphatic hydroxyl groups is 1. The smallest absolute Gasteiger partial charge is 0.225 e. The van der Waals surface area contributed by atoms with Crippen LogP contribution in [-0.4, -0.2) is 47.6 Å². The first-order valence-corrected chi connectivity index (χ1v) is 7.27. The van der Waals surface area contributed by atoms with E-state index in [2.05, 4.69) is 5.32 Å². The van der Waals surface area contributed by atoms with Gasteiger partial charge in [0.05, 0.1) is 5.92 Å². The van der Waals surface area contributed by atoms with Gasteiger partial charge < -0.3 is 15.3 Å². The van der Waals surface area contributed by atoms with E-state index in [0.717, 1.165) is 25.8 Å². The SMILES string of the molecule is CCCC(=O)N1CCCC(C(=O)NC(C)CCO)C1. The molecule has 19 heavy (non-hydrogen) atoms. The third-order valence-electron chi connectivity index (χ3n) is 3.56. The molecule has 0 radical (unpaired) electrons. The number of likely N-dealkylation sites (tertiary alicyclic amines) is 1. The van der Waals surface area contributed by atoms with Crippen molar-refractivity contribution in [2.24, 2.45) is 5.92 Å². The maximum atomic E-state index is 12.1. The summed E-state index contributed by atoms with van der Waals surface area (Å²) in [6.45, 7) is 5.26. The van der Waals surface area contributed by atoms with Gasteiger partial charge in [-0.1, -0.05) is 6.92 Å². The molecule has 0 aliphatic carbocycles. The van der Waals surface area contributed by atoms with Crippen LogP contribution in [0.5, 0.6) is 0 Å². The van der Waals surface area contributed by atoms with Gasteiger partial charge in [0, 0.05) is 32.2 Å². The molecule has 5 heteroatoms. The first-order chi connectivity index (χ1) is 9.08. The number of amides is 2. The average Bonchev–Trinajstić information content (AvgIpc) is 2.39. The standard InChI is InChI=1S/C14H26N2O3/c1-3-5-13(18)16-8-4-6-12(10-16)14(19)15-11(2)7-9-17/h11-12,17H,3-10H2,1-2H3,(H,15,19). The van der Waals surface area contributed by atoms with Gasteiger partial charge in [-0.05, 0) is 32.6 Å². The van der Waals surface area contributed by atoms with E-state index in [1.54, 1.807) is 0 Å². The second-order valence-electron chi connectivity index (χ2n) is 5.35. The Morgan fingerprint density at radius 2 is 2.21 bits per heavy atom. The topological polar surface area (TPSA) is 69.6 Å². The lowest BCUT2D eigenvalue weighted by Crippen LogP contribution is -2.47. The van der Waals surface area contributed by atoms with Crippen molar-refractivity contribution in [3.63, 3.8) is 0 Å². The van der Waals surface area contributed by atoms with Gasteiger partial charge in [0.15, 0.2) is 0 Å². The molecule has 0 saturated carbocycles. The number of hydrogen-bond donors (Lipinski definition) is 2. The van der Waals surface area contributed by atoms with Crippen molar-refractivity contribution in [1.82, 2.24) is 10.2 Å². The summed E-state index contributed by atoms with van der Waals surface area (Å²) in [6.07, 6.45) is 3.71. The number of hydrogen-bond acceptors (Lipinski definition) is 3. The van der Waals surface area contributed by atoms with Gasteiger partial charge >= 0.3 is 0 Å². The highest BCUT2D eigenvalue weighted by molar-refractivity contribution is 5.81. The van der Waals surface area contributed by atoms with E-state index in [1.807, 2.05) is 18.7 Å². The van der Waals surface area contributed by atoms with Gasteiger partial charge in [-0.2, -0.15) is 0 Å². The minimum Gasteiger partial charge on any atom is -0.396 e. The molecule has 110 valence electrons. The number of aliphatic hydroxyl groups excluding tert-OH is 1. The molecule has 0 aromatic carbocycles. The molecule has 2 N–H and O–H groups in total. The van der Waals surface area contributed by atoms with Crippen LogP contribution < -0.4 is 5.32 Å². The van der Waals surface area contributed by atoms with Crippen LogP contribution in [0, 0.1) is 5.92 Å². The summed E-state index contributed by atoms with van der Waals surface area (Å²) in [6, 6.07) is -0.0146. The van der Waals surface area contributed by atoms with E-state index < -0.39 is 0 Å². The number of rotatable bonds is 6. The summed E-state index contributed by atoms with van der Waals surface area (Å²) in [5, 5.41) is 11.7. The molecule has 5 nitrogen and oxygen atoms in total. The van der Waals surface area contributed by atoms with Crippen LogP contribution in [0.4, 0.5) is 0 Å². The van der Waals surface area contributed by atoms with Crippen molar-refractivity contribution in [2.75, 3.05) is 19.7 Å². The average molecular weight is 270 g/mol. The first kappa shape index (κ1) is 16.0. The van der Waals surface area contributed by atoms with E-state index >= 15 is 0 Å². The van der Waals surface area contributed by atoms with Gasteiger partial charge in [-0.15, -0.1) is 0 Å². The van der Waals surface area contributed by atoms with Crippen LogP contribution in [-0.2, 0) is 9.59 Å². The lowest BCUT2D eigenvalue weighted by atomic mass is 9.96. The molecule has 0 aromatic heterocycles. The van der Waals surface area contributed by atoms with Crippen molar-refractivity contribution in [3.8, 4) is 0 Å². The molecule has 1 saturated heterocycles. The summed E-state index contributed by atoms with van der Waals surface area (Å²) < 4.78 is 0. The van der Waals surface area contributed by atoms with Crippen LogP contribution in [0.2, 0.25) is 0 Å². The largest absolute Gasteiger partial charge is 0.396 e. The van der Waals surface area contributed by atoms with Crippen LogP contribution >= 0.6 is 0 Å². The molecular formula is C14H26N2O3. The van der Waals surface area contributed by atoms with Gasteiger partial charge in [0.2, 0.25) is 11.8 Å². The number of nitrogens with one attached hydrogen (secondary N) is 1. The molecule has 1 fully saturated rings. The van der Waals surface area contributed by atoms with Crippen LogP contribution in [0.1, 0.15) is 46.0 Å². The quantitative estimate of drug-likeness (QED) is 0.754. The molecule has 0 spiro atoms. The molecule has 2 atom stereocenters. The third kappa shape index (κ3) is 5.19. The first-order valence-electron chi connectivity index (χ1n) is 7.27. The van der Waals surface area contributed by atoms with Crippen LogP contribution in [0.15, 0.2) is 0 Å². The van der Waals surface area contributed by atoms with Crippen LogP contribution in [0.3, 0.4) is 0 Å². The number of nitrogens with zero attached hydrogens (tertiary/aromatic N) is 1. The third-order valence-corrected chi connectivity index (χ3v) is 3.56. The minimum atomic E-state index is -0.101. The normalized spacial score (nSPS) is 21.0. The minimum absolute atomic E-state index is 0.00921. The molecular weight excluding hydrogens is 244 g/mol. The Bertz CT molecular complexity index is 307. The van der Waals surface area contributed by atoms with E-state index in [-0.39, 0.29) is 30.4 Å². The molecule has 0 bridgehead atoms. The van der Waals surface area contributed by atoms with Crippen molar-refractivity contribution in [3.05, 3.63) is 0 Å². The van der Waals surface area contributed by atoms with Gasteiger partial charge in [-0.25, -0.2) is 0 Å². The monoisotopic (exact) mass is 270 g/mol. The van der Waals surface area contributed by atoms with Gasteiger partial charge in [-0.3, -0.25) is 9.59 Å². The Balaban J connectivity index is 2.45. The summed E-state index contributed by atoms with van der Waals surface area (Å²) in [5.41, 5.74) is 0. The Labute approximate surface area is 115 Å². The van der Waals surface area contributed by atoms with Gasteiger partial charge in [0.25, 0.3) is 0 Å². The molecule has 1 aliphatic heterocycles. The maximum absolute atomic E-state index is 12.1. The lowest BCUT2D eigenvalue weighted by molar-refractivity contribution is -0.135. The molecule has 1 rings (SSSR count). The van der Waals surface area contributed by atoms with E-state index in [1.165, 1.54) is 0 Å². The predicted octanol–water partition coefficient (Wildman–Crippen LogP) is 0.912. The summed E-state index contributed by atoms with van der Waals surface area (Å²) in [5.74, 6) is 0.0639. The molecule has 1 heterocycles. The van der Waals surface area contributed by atoms with Crippen LogP contribution in [0.25, 0.3) is 0 Å². The fourth-order valence-corrected chi connectivity index (χ4v) is 2.42. The lowest BCUT2D eigenvalue weighted by Gasteiger charge is -2.32. The Morgan fingerprint density at radius 3 is 2.84 bits per heavy atom. The molecule has 2 unspecified atom stereocenters. The second-order valence-corrected chi connectivity index (χ2v) is 5.35. The van der Waals surface area contributed by atoms with E-state index in [0.29, 0.717) is 19.4 Å². The Kier molecular flexibility index (Phi) is 6.84. The fourth-order valence-electron chi connectivity index (χ4n) is 2.42. The second kappa shape index (κ2) is 8.15. The van der Waals surface area contributed by atoms with Crippen molar-refractivity contribution >= 4 is 11.8 Å². The Morgan fingerprint density at radius 1 is 1.47 bits per heavy atom. The zero-order chi connectivity index (χ0) is 14.3. The number of carbonyl (C=O) groups excluding carboxylic acids is 2. The van der Waals surface area contributed by atoms with E-state index in [9.17, 15) is 9.59 Å². The fraction of sp³-hybridized carbons (Fsp3) is 0.857. The van der Waals surface area contributed by atoms with Crippen molar-refractivity contribution < 1.29 is 14.7 Å². The van der Waals surface area contributed by atoms with E-state index in [4.69, 9.17) is 5.11 Å².